The van der Waals surface area contributed by atoms with Crippen LogP contribution in [0.1, 0.15) is 49.4 Å². The van der Waals surface area contributed by atoms with Crippen LogP contribution in [-0.4, -0.2) is 31.3 Å². The van der Waals surface area contributed by atoms with Gasteiger partial charge >= 0.3 is 0 Å². The third-order valence-electron chi connectivity index (χ3n) is 6.77. The lowest BCUT2D eigenvalue weighted by molar-refractivity contribution is -0.124. The van der Waals surface area contributed by atoms with Crippen molar-refractivity contribution in [3.05, 3.63) is 90.0 Å². The van der Waals surface area contributed by atoms with Gasteiger partial charge in [-0.25, -0.2) is 8.42 Å². The number of nitrogens with one attached hydrogen (secondary N) is 2. The summed E-state index contributed by atoms with van der Waals surface area (Å²) in [6.45, 7) is 0.189. The molecule has 1 fully saturated rings. The summed E-state index contributed by atoms with van der Waals surface area (Å²) in [7, 11) is -3.74. The number of carbonyl (C=O) groups is 1. The summed E-state index contributed by atoms with van der Waals surface area (Å²) in [4.78, 5) is 12.5. The fraction of sp³-hybridized carbons (Fsp3) is 0.321. The Morgan fingerprint density at radius 3 is 2.36 bits per heavy atom. The van der Waals surface area contributed by atoms with E-state index in [-0.39, 0.29) is 30.0 Å². The van der Waals surface area contributed by atoms with E-state index >= 15 is 0 Å². The zero-order valence-electron chi connectivity index (χ0n) is 20.1. The first-order chi connectivity index (χ1) is 17.5. The van der Waals surface area contributed by atoms with Gasteiger partial charge in [0.25, 0.3) is 5.91 Å². The molecule has 0 spiro atoms. The van der Waals surface area contributed by atoms with E-state index < -0.39 is 16.2 Å². The predicted molar refractivity (Wildman–Crippen MR) is 139 cm³/mol. The number of anilines is 1. The van der Waals surface area contributed by atoms with Gasteiger partial charge in [0, 0.05) is 12.6 Å². The zero-order chi connectivity index (χ0) is 25.0. The standard InChI is InChI=1S/C28H31N3O4S/c32-27(29-23-11-5-2-6-12-23)20-35-24-17-15-22(16-18-24)28-30-25-13-7-8-14-26(25)36(33,34)31(28)19-21-9-3-1-4-10-21/h1,3-4,7-10,13-18,23,28,30H,2,5-6,11-12,19-20H2,(H,29,32)/t28-/m1/s1. The topological polar surface area (TPSA) is 87.7 Å². The molecule has 0 unspecified atom stereocenters. The molecule has 2 N–H and O–H groups in total. The van der Waals surface area contributed by atoms with Gasteiger partial charge in [-0.2, -0.15) is 4.31 Å². The van der Waals surface area contributed by atoms with Crippen molar-refractivity contribution in [2.24, 2.45) is 0 Å². The van der Waals surface area contributed by atoms with Crippen molar-refractivity contribution in [1.29, 1.82) is 0 Å². The summed E-state index contributed by atoms with van der Waals surface area (Å²) in [6.07, 6.45) is 5.02. The number of nitrogens with zero attached hydrogens (tertiary/aromatic N) is 1. The second-order valence-corrected chi connectivity index (χ2v) is 11.2. The van der Waals surface area contributed by atoms with Crippen LogP contribution in [0.25, 0.3) is 0 Å². The fourth-order valence-corrected chi connectivity index (χ4v) is 6.57. The molecule has 1 atom stereocenters. The van der Waals surface area contributed by atoms with Gasteiger partial charge in [-0.1, -0.05) is 73.9 Å². The van der Waals surface area contributed by atoms with Crippen LogP contribution in [0.3, 0.4) is 0 Å². The Morgan fingerprint density at radius 1 is 0.917 bits per heavy atom. The molecular formula is C28H31N3O4S. The van der Waals surface area contributed by atoms with Gasteiger partial charge in [0.05, 0.1) is 5.69 Å². The van der Waals surface area contributed by atoms with Crippen molar-refractivity contribution in [3.63, 3.8) is 0 Å². The molecule has 8 heteroatoms. The first kappa shape index (κ1) is 24.3. The van der Waals surface area contributed by atoms with Gasteiger partial charge in [0.15, 0.2) is 6.61 Å². The molecule has 3 aromatic carbocycles. The Balaban J connectivity index is 1.32. The average molecular weight is 506 g/mol. The summed E-state index contributed by atoms with van der Waals surface area (Å²) in [6, 6.07) is 24.0. The smallest absolute Gasteiger partial charge is 0.258 e. The van der Waals surface area contributed by atoms with Crippen molar-refractivity contribution in [2.45, 2.75) is 55.8 Å². The Bertz CT molecular complexity index is 1290. The lowest BCUT2D eigenvalue weighted by Gasteiger charge is -2.37. The Hall–Kier alpha value is -3.36. The monoisotopic (exact) mass is 505 g/mol. The minimum atomic E-state index is -3.74. The van der Waals surface area contributed by atoms with E-state index in [1.54, 1.807) is 30.3 Å². The quantitative estimate of drug-likeness (QED) is 0.480. The number of fused-ring (bicyclic) bond motifs is 1. The molecular weight excluding hydrogens is 474 g/mol. The van der Waals surface area contributed by atoms with Crippen molar-refractivity contribution in [2.75, 3.05) is 11.9 Å². The van der Waals surface area contributed by atoms with E-state index in [1.165, 1.54) is 10.7 Å². The first-order valence-electron chi connectivity index (χ1n) is 12.4. The summed E-state index contributed by atoms with van der Waals surface area (Å²) in [5.74, 6) is 0.447. The van der Waals surface area contributed by atoms with E-state index in [4.69, 9.17) is 4.74 Å². The number of hydrogen-bond donors (Lipinski definition) is 2. The average Bonchev–Trinajstić information content (AvgIpc) is 2.91. The second kappa shape index (κ2) is 10.7. The van der Waals surface area contributed by atoms with Crippen molar-refractivity contribution < 1.29 is 17.9 Å². The second-order valence-electron chi connectivity index (χ2n) is 9.34. The minimum Gasteiger partial charge on any atom is -0.484 e. The van der Waals surface area contributed by atoms with Gasteiger partial charge in [-0.3, -0.25) is 4.79 Å². The minimum absolute atomic E-state index is 0.0422. The zero-order valence-corrected chi connectivity index (χ0v) is 20.9. The normalized spacial score (nSPS) is 19.6. The molecule has 0 aromatic heterocycles. The van der Waals surface area contributed by atoms with Crippen LogP contribution in [0.15, 0.2) is 83.8 Å². The molecule has 0 radical (unpaired) electrons. The van der Waals surface area contributed by atoms with Gasteiger partial charge in [0.2, 0.25) is 10.0 Å². The molecule has 1 aliphatic carbocycles. The van der Waals surface area contributed by atoms with Crippen LogP contribution >= 0.6 is 0 Å². The molecule has 1 heterocycles. The van der Waals surface area contributed by atoms with Crippen molar-refractivity contribution in [1.82, 2.24) is 9.62 Å². The van der Waals surface area contributed by atoms with Gasteiger partial charge < -0.3 is 15.4 Å². The van der Waals surface area contributed by atoms with E-state index in [2.05, 4.69) is 10.6 Å². The highest BCUT2D eigenvalue weighted by Gasteiger charge is 2.38. The molecule has 36 heavy (non-hydrogen) atoms. The van der Waals surface area contributed by atoms with Crippen molar-refractivity contribution >= 4 is 21.6 Å². The highest BCUT2D eigenvalue weighted by molar-refractivity contribution is 7.89. The number of sulfonamides is 1. The highest BCUT2D eigenvalue weighted by Crippen LogP contribution is 2.39. The number of hydrogen-bond acceptors (Lipinski definition) is 5. The molecule has 3 aromatic rings. The van der Waals surface area contributed by atoms with Gasteiger partial charge in [-0.15, -0.1) is 0 Å². The largest absolute Gasteiger partial charge is 0.484 e. The Morgan fingerprint density at radius 2 is 1.61 bits per heavy atom. The first-order valence-corrected chi connectivity index (χ1v) is 13.9. The molecule has 0 bridgehead atoms. The number of benzene rings is 3. The third-order valence-corrected chi connectivity index (χ3v) is 8.64. The molecule has 1 saturated carbocycles. The molecule has 5 rings (SSSR count). The SMILES string of the molecule is O=C(COc1ccc([C@@H]2Nc3ccccc3S(=O)(=O)N2Cc2ccccc2)cc1)NC1CCCCC1. The summed E-state index contributed by atoms with van der Waals surface area (Å²) in [5, 5.41) is 6.45. The molecule has 1 aliphatic heterocycles. The van der Waals surface area contributed by atoms with Crippen LogP contribution in [0, 0.1) is 0 Å². The lowest BCUT2D eigenvalue weighted by atomic mass is 9.95. The maximum Gasteiger partial charge on any atom is 0.258 e. The van der Waals surface area contributed by atoms with Crippen molar-refractivity contribution in [3.8, 4) is 5.75 Å². The maximum absolute atomic E-state index is 13.6. The van der Waals surface area contributed by atoms with E-state index in [9.17, 15) is 13.2 Å². The number of amides is 1. The van der Waals surface area contributed by atoms with Crippen LogP contribution in [0.5, 0.6) is 5.75 Å². The fourth-order valence-electron chi connectivity index (χ4n) is 4.90. The third kappa shape index (κ3) is 5.39. The van der Waals surface area contributed by atoms with Crippen LogP contribution < -0.4 is 15.4 Å². The molecule has 0 saturated heterocycles. The Labute approximate surface area is 212 Å². The molecule has 2 aliphatic rings. The van der Waals surface area contributed by atoms with Crippen LogP contribution in [-0.2, 0) is 21.4 Å². The van der Waals surface area contributed by atoms with Gasteiger partial charge in [-0.05, 0) is 48.2 Å². The molecule has 1 amide bonds. The summed E-state index contributed by atoms with van der Waals surface area (Å²) in [5.41, 5.74) is 2.26. The molecule has 7 nitrogen and oxygen atoms in total. The summed E-state index contributed by atoms with van der Waals surface area (Å²) < 4.78 is 34.4. The lowest BCUT2D eigenvalue weighted by Crippen LogP contribution is -2.42. The van der Waals surface area contributed by atoms with E-state index in [0.717, 1.165) is 36.8 Å². The molecule has 188 valence electrons. The van der Waals surface area contributed by atoms with Crippen LogP contribution in [0.2, 0.25) is 0 Å². The predicted octanol–water partition coefficient (Wildman–Crippen LogP) is 4.83. The van der Waals surface area contributed by atoms with Crippen LogP contribution in [0.4, 0.5) is 5.69 Å². The highest BCUT2D eigenvalue weighted by atomic mass is 32.2. The Kier molecular flexibility index (Phi) is 7.25. The van der Waals surface area contributed by atoms with E-state index in [0.29, 0.717) is 11.4 Å². The number of carbonyl (C=O) groups excluding carboxylic acids is 1. The number of rotatable bonds is 7. The van der Waals surface area contributed by atoms with Gasteiger partial charge in [0.1, 0.15) is 16.8 Å². The summed E-state index contributed by atoms with van der Waals surface area (Å²) >= 11 is 0. The van der Waals surface area contributed by atoms with E-state index in [1.807, 2.05) is 48.5 Å². The number of ether oxygens (including phenoxy) is 1. The number of para-hydroxylation sites is 1. The maximum atomic E-state index is 13.6.